The topological polar surface area (TPSA) is 44.5 Å². The summed E-state index contributed by atoms with van der Waals surface area (Å²) >= 11 is 6.70. The van der Waals surface area contributed by atoms with Gasteiger partial charge in [0.05, 0.1) is 25.9 Å². The Bertz CT molecular complexity index is 553. The molecule has 0 unspecified atom stereocenters. The summed E-state index contributed by atoms with van der Waals surface area (Å²) in [4.78, 5) is 1.54. The van der Waals surface area contributed by atoms with Crippen LogP contribution >= 0.6 is 23.6 Å². The third-order valence-corrected chi connectivity index (χ3v) is 3.69. The van der Waals surface area contributed by atoms with Crippen molar-refractivity contribution in [3.05, 3.63) is 51.7 Å². The number of nitrogens with two attached hydrogens (primary N) is 1. The summed E-state index contributed by atoms with van der Waals surface area (Å²) in [5.74, 6) is 0.689. The largest absolute Gasteiger partial charge is 0.496 e. The van der Waals surface area contributed by atoms with Crippen LogP contribution in [0.1, 0.15) is 16.0 Å². The van der Waals surface area contributed by atoms with E-state index in [-0.39, 0.29) is 0 Å². The van der Waals surface area contributed by atoms with E-state index in [1.807, 2.05) is 29.6 Å². The second-order valence-electron chi connectivity index (χ2n) is 3.97. The lowest BCUT2D eigenvalue weighted by atomic mass is 10.1. The molecule has 2 N–H and O–H groups in total. The molecular formula is C14H15NO2S2. The number of methoxy groups -OCH3 is 1. The average molecular weight is 293 g/mol. The molecule has 19 heavy (non-hydrogen) atoms. The molecule has 0 bridgehead atoms. The average Bonchev–Trinajstić information content (AvgIpc) is 2.91. The Kier molecular flexibility index (Phi) is 4.90. The lowest BCUT2D eigenvalue weighted by molar-refractivity contribution is 0.109. The smallest absolute Gasteiger partial charge is 0.129 e. The van der Waals surface area contributed by atoms with Crippen molar-refractivity contribution < 1.29 is 9.47 Å². The fraction of sp³-hybridized carbons (Fsp3) is 0.214. The predicted octanol–water partition coefficient (Wildman–Crippen LogP) is 3.11. The summed E-state index contributed by atoms with van der Waals surface area (Å²) in [6, 6.07) is 9.80. The minimum Gasteiger partial charge on any atom is -0.496 e. The first-order valence-corrected chi connectivity index (χ1v) is 7.06. The van der Waals surface area contributed by atoms with Crippen LogP contribution in [0.4, 0.5) is 0 Å². The van der Waals surface area contributed by atoms with Gasteiger partial charge in [0.25, 0.3) is 0 Å². The zero-order valence-corrected chi connectivity index (χ0v) is 12.2. The maximum Gasteiger partial charge on any atom is 0.129 e. The Hall–Kier alpha value is -1.43. The van der Waals surface area contributed by atoms with Gasteiger partial charge >= 0.3 is 0 Å². The number of thiophene rings is 1. The summed E-state index contributed by atoms with van der Waals surface area (Å²) in [5, 5.41) is 2.04. The van der Waals surface area contributed by atoms with E-state index in [4.69, 9.17) is 27.4 Å². The second-order valence-corrected chi connectivity index (χ2v) is 5.44. The first kappa shape index (κ1) is 14.0. The van der Waals surface area contributed by atoms with Crippen molar-refractivity contribution >= 4 is 28.5 Å². The van der Waals surface area contributed by atoms with Crippen LogP contribution < -0.4 is 10.5 Å². The summed E-state index contributed by atoms with van der Waals surface area (Å²) in [6.45, 7) is 1.14. The molecule has 0 atom stereocenters. The molecule has 0 fully saturated rings. The van der Waals surface area contributed by atoms with Crippen LogP contribution in [-0.2, 0) is 18.0 Å². The molecule has 0 saturated heterocycles. The standard InChI is InChI=1S/C14H15NO2S2/c1-16-13-5-4-10(7-12(13)14(15)18)8-17-9-11-3-2-6-19-11/h2-7H,8-9H2,1H3,(H2,15,18). The first-order chi connectivity index (χ1) is 9.20. The van der Waals surface area contributed by atoms with Gasteiger partial charge in [0.15, 0.2) is 0 Å². The molecule has 1 aromatic carbocycles. The lowest BCUT2D eigenvalue weighted by Crippen LogP contribution is -2.11. The van der Waals surface area contributed by atoms with Crippen LogP contribution in [0.5, 0.6) is 5.75 Å². The SMILES string of the molecule is COc1ccc(COCc2cccs2)cc1C(N)=S. The highest BCUT2D eigenvalue weighted by Gasteiger charge is 2.07. The van der Waals surface area contributed by atoms with Crippen LogP contribution in [0.25, 0.3) is 0 Å². The second kappa shape index (κ2) is 6.65. The molecule has 1 heterocycles. The number of thiocarbonyl (C=S) groups is 1. The molecule has 0 amide bonds. The number of ether oxygens (including phenoxy) is 2. The molecule has 1 aromatic heterocycles. The fourth-order valence-electron chi connectivity index (χ4n) is 1.70. The monoisotopic (exact) mass is 293 g/mol. The first-order valence-electron chi connectivity index (χ1n) is 5.77. The number of benzene rings is 1. The maximum atomic E-state index is 5.68. The van der Waals surface area contributed by atoms with Crippen molar-refractivity contribution in [2.45, 2.75) is 13.2 Å². The van der Waals surface area contributed by atoms with Gasteiger partial charge in [-0.05, 0) is 29.1 Å². The van der Waals surface area contributed by atoms with Crippen LogP contribution in [0, 0.1) is 0 Å². The van der Waals surface area contributed by atoms with E-state index in [1.54, 1.807) is 18.4 Å². The van der Waals surface area contributed by atoms with Gasteiger partial charge in [-0.1, -0.05) is 24.4 Å². The van der Waals surface area contributed by atoms with Crippen molar-refractivity contribution in [1.29, 1.82) is 0 Å². The maximum absolute atomic E-state index is 5.68. The van der Waals surface area contributed by atoms with E-state index < -0.39 is 0 Å². The van der Waals surface area contributed by atoms with Gasteiger partial charge in [-0.15, -0.1) is 11.3 Å². The number of hydrogen-bond donors (Lipinski definition) is 1. The molecule has 5 heteroatoms. The molecule has 100 valence electrons. The Labute approximate surface area is 122 Å². The van der Waals surface area contributed by atoms with Crippen LogP contribution in [0.15, 0.2) is 35.7 Å². The van der Waals surface area contributed by atoms with Crippen LogP contribution in [0.3, 0.4) is 0 Å². The molecule has 0 aliphatic carbocycles. The molecule has 0 saturated carbocycles. The van der Waals surface area contributed by atoms with Crippen molar-refractivity contribution in [1.82, 2.24) is 0 Å². The van der Waals surface area contributed by atoms with Gasteiger partial charge in [-0.3, -0.25) is 0 Å². The van der Waals surface area contributed by atoms with E-state index in [0.29, 0.717) is 24.0 Å². The van der Waals surface area contributed by atoms with Gasteiger partial charge in [-0.25, -0.2) is 0 Å². The molecule has 0 aliphatic heterocycles. The van der Waals surface area contributed by atoms with E-state index >= 15 is 0 Å². The minimum absolute atomic E-state index is 0.331. The number of hydrogen-bond acceptors (Lipinski definition) is 4. The molecule has 0 radical (unpaired) electrons. The third kappa shape index (κ3) is 3.76. The Balaban J connectivity index is 2.00. The fourth-order valence-corrected chi connectivity index (χ4v) is 2.50. The van der Waals surface area contributed by atoms with Crippen molar-refractivity contribution in [2.24, 2.45) is 5.73 Å². The highest BCUT2D eigenvalue weighted by molar-refractivity contribution is 7.80. The summed E-state index contributed by atoms with van der Waals surface area (Å²) in [5.41, 5.74) is 7.45. The van der Waals surface area contributed by atoms with Crippen molar-refractivity contribution in [3.8, 4) is 5.75 Å². The van der Waals surface area contributed by atoms with Gasteiger partial charge in [-0.2, -0.15) is 0 Å². The zero-order valence-electron chi connectivity index (χ0n) is 10.6. The Morgan fingerprint density at radius 2 is 2.16 bits per heavy atom. The molecule has 0 spiro atoms. The highest BCUT2D eigenvalue weighted by atomic mass is 32.1. The predicted molar refractivity (Wildman–Crippen MR) is 81.7 cm³/mol. The van der Waals surface area contributed by atoms with Gasteiger partial charge in [0.2, 0.25) is 0 Å². The molecule has 3 nitrogen and oxygen atoms in total. The van der Waals surface area contributed by atoms with E-state index in [0.717, 1.165) is 11.1 Å². The van der Waals surface area contributed by atoms with Gasteiger partial charge in [0.1, 0.15) is 10.7 Å². The summed E-state index contributed by atoms with van der Waals surface area (Å²) in [6.07, 6.45) is 0. The van der Waals surface area contributed by atoms with Gasteiger partial charge in [0, 0.05) is 4.88 Å². The Morgan fingerprint density at radius 3 is 2.79 bits per heavy atom. The van der Waals surface area contributed by atoms with Crippen molar-refractivity contribution in [3.63, 3.8) is 0 Å². The summed E-state index contributed by atoms with van der Waals surface area (Å²) in [7, 11) is 1.60. The molecule has 2 aromatic rings. The minimum atomic E-state index is 0.331. The van der Waals surface area contributed by atoms with Gasteiger partial charge < -0.3 is 15.2 Å². The quantitative estimate of drug-likeness (QED) is 0.831. The third-order valence-electron chi connectivity index (χ3n) is 2.62. The number of rotatable bonds is 6. The highest BCUT2D eigenvalue weighted by Crippen LogP contribution is 2.20. The molecule has 2 rings (SSSR count). The van der Waals surface area contributed by atoms with E-state index in [9.17, 15) is 0 Å². The van der Waals surface area contributed by atoms with Crippen molar-refractivity contribution in [2.75, 3.05) is 7.11 Å². The van der Waals surface area contributed by atoms with E-state index in [2.05, 4.69) is 6.07 Å². The van der Waals surface area contributed by atoms with E-state index in [1.165, 1.54) is 4.88 Å². The van der Waals surface area contributed by atoms with Crippen LogP contribution in [0.2, 0.25) is 0 Å². The summed E-state index contributed by atoms with van der Waals surface area (Å²) < 4.78 is 10.9. The Morgan fingerprint density at radius 1 is 1.32 bits per heavy atom. The lowest BCUT2D eigenvalue weighted by Gasteiger charge is -2.10. The molecular weight excluding hydrogens is 278 g/mol. The van der Waals surface area contributed by atoms with Crippen LogP contribution in [-0.4, -0.2) is 12.1 Å². The molecule has 0 aliphatic rings. The zero-order chi connectivity index (χ0) is 13.7. The normalized spacial score (nSPS) is 10.4.